The maximum Gasteiger partial charge on any atom is 0.138 e. The van der Waals surface area contributed by atoms with Crippen LogP contribution >= 0.6 is 11.3 Å². The molecule has 0 amide bonds. The third kappa shape index (κ3) is 3.26. The number of aryl methyl sites for hydroxylation is 2. The fourth-order valence-corrected chi connectivity index (χ4v) is 2.12. The van der Waals surface area contributed by atoms with E-state index in [1.54, 1.807) is 11.3 Å². The second kappa shape index (κ2) is 4.26. The predicted octanol–water partition coefficient (Wildman–Crippen LogP) is 3.60. The molecule has 1 nitrogen and oxygen atoms in total. The van der Waals surface area contributed by atoms with Crippen molar-refractivity contribution in [3.8, 4) is 0 Å². The summed E-state index contributed by atoms with van der Waals surface area (Å²) < 4.78 is 0. The summed E-state index contributed by atoms with van der Waals surface area (Å²) in [4.78, 5) is 14.3. The molecule has 0 aliphatic rings. The highest BCUT2D eigenvalue weighted by Crippen LogP contribution is 2.21. The first-order valence-corrected chi connectivity index (χ1v) is 5.80. The molecule has 0 N–H and O–H groups in total. The summed E-state index contributed by atoms with van der Waals surface area (Å²) in [7, 11) is 0. The number of hydrogen-bond acceptors (Lipinski definition) is 2. The van der Waals surface area contributed by atoms with Gasteiger partial charge < -0.3 is 0 Å². The van der Waals surface area contributed by atoms with Gasteiger partial charge >= 0.3 is 0 Å². The van der Waals surface area contributed by atoms with Gasteiger partial charge in [0, 0.05) is 21.6 Å². The van der Waals surface area contributed by atoms with Crippen molar-refractivity contribution in [3.05, 3.63) is 21.9 Å². The molecule has 1 aromatic heterocycles. The quantitative estimate of drug-likeness (QED) is 0.745. The van der Waals surface area contributed by atoms with Crippen LogP contribution in [-0.2, 0) is 11.2 Å². The SMILES string of the molecule is Cc1ccc(CCC(=O)C(C)(C)C)s1. The molecule has 1 rings (SSSR count). The van der Waals surface area contributed by atoms with Gasteiger partial charge in [-0.05, 0) is 25.5 Å². The van der Waals surface area contributed by atoms with Gasteiger partial charge in [-0.3, -0.25) is 4.79 Å². The summed E-state index contributed by atoms with van der Waals surface area (Å²) in [5.41, 5.74) is -0.188. The average molecular weight is 210 g/mol. The monoisotopic (exact) mass is 210 g/mol. The number of carbonyl (C=O) groups is 1. The first kappa shape index (κ1) is 11.4. The van der Waals surface area contributed by atoms with Crippen LogP contribution in [0.5, 0.6) is 0 Å². The molecular formula is C12H18OS. The van der Waals surface area contributed by atoms with E-state index in [9.17, 15) is 4.79 Å². The number of Topliss-reactive ketones (excluding diaryl/α,β-unsaturated/α-hetero) is 1. The predicted molar refractivity (Wildman–Crippen MR) is 61.8 cm³/mol. The van der Waals surface area contributed by atoms with Crippen molar-refractivity contribution >= 4 is 17.1 Å². The van der Waals surface area contributed by atoms with Crippen LogP contribution in [-0.4, -0.2) is 5.78 Å². The van der Waals surface area contributed by atoms with Crippen LogP contribution < -0.4 is 0 Å². The van der Waals surface area contributed by atoms with Crippen molar-refractivity contribution in [2.45, 2.75) is 40.5 Å². The Hall–Kier alpha value is -0.630. The van der Waals surface area contributed by atoms with Gasteiger partial charge in [-0.2, -0.15) is 0 Å². The molecule has 0 atom stereocenters. The van der Waals surface area contributed by atoms with Crippen molar-refractivity contribution in [1.82, 2.24) is 0 Å². The fraction of sp³-hybridized carbons (Fsp3) is 0.583. The lowest BCUT2D eigenvalue weighted by Crippen LogP contribution is -2.20. The highest BCUT2D eigenvalue weighted by Gasteiger charge is 2.20. The smallest absolute Gasteiger partial charge is 0.138 e. The van der Waals surface area contributed by atoms with E-state index >= 15 is 0 Å². The van der Waals surface area contributed by atoms with Crippen LogP contribution in [0, 0.1) is 12.3 Å². The Labute approximate surface area is 90.2 Å². The van der Waals surface area contributed by atoms with Crippen LogP contribution in [0.4, 0.5) is 0 Å². The highest BCUT2D eigenvalue weighted by molar-refractivity contribution is 7.11. The third-order valence-electron chi connectivity index (χ3n) is 2.23. The highest BCUT2D eigenvalue weighted by atomic mass is 32.1. The van der Waals surface area contributed by atoms with Crippen molar-refractivity contribution in [2.24, 2.45) is 5.41 Å². The molecule has 14 heavy (non-hydrogen) atoms. The molecule has 0 aliphatic carbocycles. The van der Waals surface area contributed by atoms with Crippen LogP contribution in [0.3, 0.4) is 0 Å². The standard InChI is InChI=1S/C12H18OS/c1-9-5-6-10(14-9)7-8-11(13)12(2,3)4/h5-6H,7-8H2,1-4H3. The first-order chi connectivity index (χ1) is 6.39. The first-order valence-electron chi connectivity index (χ1n) is 4.98. The molecule has 0 radical (unpaired) electrons. The summed E-state index contributed by atoms with van der Waals surface area (Å²) in [6.07, 6.45) is 1.57. The lowest BCUT2D eigenvalue weighted by Gasteiger charge is -2.15. The molecule has 0 saturated heterocycles. The molecular weight excluding hydrogens is 192 g/mol. The summed E-state index contributed by atoms with van der Waals surface area (Å²) in [5, 5.41) is 0. The fourth-order valence-electron chi connectivity index (χ4n) is 1.23. The molecule has 0 aromatic carbocycles. The molecule has 1 aromatic rings. The number of ketones is 1. The number of thiophene rings is 1. The van der Waals surface area contributed by atoms with Gasteiger partial charge in [0.1, 0.15) is 5.78 Å². The van der Waals surface area contributed by atoms with Crippen molar-refractivity contribution in [1.29, 1.82) is 0 Å². The van der Waals surface area contributed by atoms with Crippen LogP contribution in [0.25, 0.3) is 0 Å². The van der Waals surface area contributed by atoms with Crippen LogP contribution in [0.2, 0.25) is 0 Å². The van der Waals surface area contributed by atoms with Gasteiger partial charge in [0.2, 0.25) is 0 Å². The zero-order valence-electron chi connectivity index (χ0n) is 9.39. The van der Waals surface area contributed by atoms with E-state index in [-0.39, 0.29) is 5.41 Å². The molecule has 0 aliphatic heterocycles. The Morgan fingerprint density at radius 2 is 2.00 bits per heavy atom. The Balaban J connectivity index is 2.46. The second-order valence-electron chi connectivity index (χ2n) is 4.69. The van der Waals surface area contributed by atoms with E-state index in [4.69, 9.17) is 0 Å². The van der Waals surface area contributed by atoms with Crippen LogP contribution in [0.15, 0.2) is 12.1 Å². The Morgan fingerprint density at radius 3 is 2.43 bits per heavy atom. The van der Waals surface area contributed by atoms with Gasteiger partial charge in [0.25, 0.3) is 0 Å². The zero-order chi connectivity index (χ0) is 10.8. The van der Waals surface area contributed by atoms with Gasteiger partial charge in [-0.25, -0.2) is 0 Å². The Kier molecular flexibility index (Phi) is 3.48. The molecule has 78 valence electrons. The van der Waals surface area contributed by atoms with E-state index < -0.39 is 0 Å². The van der Waals surface area contributed by atoms with Gasteiger partial charge in [0.15, 0.2) is 0 Å². The molecule has 0 spiro atoms. The molecule has 0 unspecified atom stereocenters. The largest absolute Gasteiger partial charge is 0.299 e. The average Bonchev–Trinajstić information content (AvgIpc) is 2.45. The van der Waals surface area contributed by atoms with Crippen molar-refractivity contribution < 1.29 is 4.79 Å². The van der Waals surface area contributed by atoms with Crippen molar-refractivity contribution in [2.75, 3.05) is 0 Å². The van der Waals surface area contributed by atoms with E-state index in [0.29, 0.717) is 12.2 Å². The molecule has 1 heterocycles. The topological polar surface area (TPSA) is 17.1 Å². The number of carbonyl (C=O) groups excluding carboxylic acids is 1. The minimum absolute atomic E-state index is 0.188. The molecule has 0 saturated carbocycles. The van der Waals surface area contributed by atoms with E-state index in [2.05, 4.69) is 19.1 Å². The maximum absolute atomic E-state index is 11.6. The maximum atomic E-state index is 11.6. The van der Waals surface area contributed by atoms with E-state index in [1.807, 2.05) is 20.8 Å². The van der Waals surface area contributed by atoms with E-state index in [1.165, 1.54) is 9.75 Å². The molecule has 0 fully saturated rings. The summed E-state index contributed by atoms with van der Waals surface area (Å²) >= 11 is 1.79. The summed E-state index contributed by atoms with van der Waals surface area (Å²) in [6, 6.07) is 4.23. The number of hydrogen-bond donors (Lipinski definition) is 0. The summed E-state index contributed by atoms with van der Waals surface area (Å²) in [6.45, 7) is 8.04. The number of rotatable bonds is 3. The minimum atomic E-state index is -0.188. The lowest BCUT2D eigenvalue weighted by molar-refractivity contribution is -0.126. The molecule has 2 heteroatoms. The van der Waals surface area contributed by atoms with Gasteiger partial charge in [-0.15, -0.1) is 11.3 Å². The summed E-state index contributed by atoms with van der Waals surface area (Å²) in [5.74, 6) is 0.351. The second-order valence-corrected chi connectivity index (χ2v) is 6.06. The van der Waals surface area contributed by atoms with E-state index in [0.717, 1.165) is 6.42 Å². The lowest BCUT2D eigenvalue weighted by atomic mass is 9.88. The normalized spacial score (nSPS) is 11.7. The third-order valence-corrected chi connectivity index (χ3v) is 3.29. The Morgan fingerprint density at radius 1 is 1.36 bits per heavy atom. The van der Waals surface area contributed by atoms with Crippen LogP contribution in [0.1, 0.15) is 36.9 Å². The van der Waals surface area contributed by atoms with Crippen molar-refractivity contribution in [3.63, 3.8) is 0 Å². The Bertz CT molecular complexity index is 317. The molecule has 0 bridgehead atoms. The van der Waals surface area contributed by atoms with Gasteiger partial charge in [0.05, 0.1) is 0 Å². The minimum Gasteiger partial charge on any atom is -0.299 e. The zero-order valence-corrected chi connectivity index (χ0v) is 10.2. The van der Waals surface area contributed by atoms with Gasteiger partial charge in [-0.1, -0.05) is 20.8 Å².